The molecule has 15 heavy (non-hydrogen) atoms. The highest BCUT2D eigenvalue weighted by Gasteiger charge is 2.27. The first kappa shape index (κ1) is 12.4. The average molecular weight is 208 g/mol. The predicted octanol–water partition coefficient (Wildman–Crippen LogP) is 4.70. The summed E-state index contributed by atoms with van der Waals surface area (Å²) in [6.45, 7) is 11.5. The van der Waals surface area contributed by atoms with Crippen molar-refractivity contribution in [1.29, 1.82) is 0 Å². The van der Waals surface area contributed by atoms with Gasteiger partial charge in [0, 0.05) is 5.92 Å². The molecule has 3 atom stereocenters. The predicted molar refractivity (Wildman–Crippen MR) is 64.9 cm³/mol. The lowest BCUT2D eigenvalue weighted by Crippen LogP contribution is -2.21. The van der Waals surface area contributed by atoms with E-state index in [0.29, 0.717) is 17.8 Å². The van der Waals surface area contributed by atoms with Crippen molar-refractivity contribution in [1.82, 2.24) is 0 Å². The van der Waals surface area contributed by atoms with Gasteiger partial charge in [0.15, 0.2) is 0 Å². The van der Waals surface area contributed by atoms with E-state index in [2.05, 4.69) is 40.7 Å². The molecule has 0 amide bonds. The third-order valence-corrected chi connectivity index (χ3v) is 3.70. The molecule has 1 rings (SSSR count). The lowest BCUT2D eigenvalue weighted by molar-refractivity contribution is 0.239. The van der Waals surface area contributed by atoms with E-state index in [1.54, 1.807) is 6.26 Å². The molecular formula is C14H24O. The molecule has 0 spiro atoms. The van der Waals surface area contributed by atoms with Gasteiger partial charge in [0.1, 0.15) is 5.76 Å². The van der Waals surface area contributed by atoms with E-state index in [1.807, 2.05) is 6.07 Å². The van der Waals surface area contributed by atoms with Crippen molar-refractivity contribution in [2.45, 2.75) is 47.0 Å². The smallest absolute Gasteiger partial charge is 0.107 e. The normalized spacial score (nSPS) is 17.7. The molecule has 1 nitrogen and oxygen atoms in total. The van der Waals surface area contributed by atoms with Crippen LogP contribution in [0.3, 0.4) is 0 Å². The molecule has 1 aromatic rings. The molecule has 1 heteroatoms. The third-order valence-electron chi connectivity index (χ3n) is 3.70. The molecule has 0 aliphatic heterocycles. The zero-order valence-corrected chi connectivity index (χ0v) is 10.7. The molecule has 3 unspecified atom stereocenters. The molecule has 0 fully saturated rings. The third kappa shape index (κ3) is 2.87. The molecule has 0 saturated heterocycles. The molecule has 0 saturated carbocycles. The van der Waals surface area contributed by atoms with Crippen molar-refractivity contribution in [2.75, 3.05) is 0 Å². The minimum Gasteiger partial charge on any atom is -0.469 e. The summed E-state index contributed by atoms with van der Waals surface area (Å²) in [4.78, 5) is 0. The monoisotopic (exact) mass is 208 g/mol. The second kappa shape index (κ2) is 5.39. The lowest BCUT2D eigenvalue weighted by Gasteiger charge is -2.29. The Labute approximate surface area is 93.9 Å². The van der Waals surface area contributed by atoms with E-state index in [9.17, 15) is 0 Å². The first-order valence-corrected chi connectivity index (χ1v) is 6.11. The highest BCUT2D eigenvalue weighted by molar-refractivity contribution is 5.08. The summed E-state index contributed by atoms with van der Waals surface area (Å²) in [5.74, 6) is 3.77. The number of rotatable bonds is 5. The number of hydrogen-bond donors (Lipinski definition) is 0. The minimum absolute atomic E-state index is 0.551. The summed E-state index contributed by atoms with van der Waals surface area (Å²) in [6, 6.07) is 4.11. The van der Waals surface area contributed by atoms with Gasteiger partial charge in [-0.1, -0.05) is 41.0 Å². The van der Waals surface area contributed by atoms with E-state index < -0.39 is 0 Å². The van der Waals surface area contributed by atoms with Crippen LogP contribution in [0.15, 0.2) is 22.8 Å². The molecule has 86 valence electrons. The van der Waals surface area contributed by atoms with E-state index in [4.69, 9.17) is 4.42 Å². The van der Waals surface area contributed by atoms with Crippen molar-refractivity contribution in [2.24, 2.45) is 17.8 Å². The van der Waals surface area contributed by atoms with Crippen LogP contribution < -0.4 is 0 Å². The second-order valence-corrected chi connectivity index (χ2v) is 5.03. The lowest BCUT2D eigenvalue weighted by atomic mass is 9.75. The van der Waals surface area contributed by atoms with E-state index in [0.717, 1.165) is 11.7 Å². The van der Waals surface area contributed by atoms with Crippen molar-refractivity contribution < 1.29 is 4.42 Å². The van der Waals surface area contributed by atoms with Gasteiger partial charge in [0.2, 0.25) is 0 Å². The van der Waals surface area contributed by atoms with Crippen LogP contribution in [0, 0.1) is 17.8 Å². The standard InChI is InChI=1S/C14H24O/c1-6-11(4)12(5)14(10(2)3)13-8-7-9-15-13/h7-12,14H,6H2,1-5H3. The van der Waals surface area contributed by atoms with Crippen LogP contribution in [0.4, 0.5) is 0 Å². The van der Waals surface area contributed by atoms with Crippen LogP contribution in [0.1, 0.15) is 52.7 Å². The maximum atomic E-state index is 5.57. The highest BCUT2D eigenvalue weighted by Crippen LogP contribution is 2.37. The van der Waals surface area contributed by atoms with Crippen molar-refractivity contribution in [3.8, 4) is 0 Å². The fraction of sp³-hybridized carbons (Fsp3) is 0.714. The van der Waals surface area contributed by atoms with Crippen molar-refractivity contribution >= 4 is 0 Å². The number of furan rings is 1. The molecule has 1 heterocycles. The fourth-order valence-corrected chi connectivity index (χ4v) is 2.40. The molecular weight excluding hydrogens is 184 g/mol. The Balaban J connectivity index is 2.84. The fourth-order valence-electron chi connectivity index (χ4n) is 2.40. The first-order valence-electron chi connectivity index (χ1n) is 6.11. The molecule has 0 aliphatic rings. The topological polar surface area (TPSA) is 13.1 Å². The van der Waals surface area contributed by atoms with Gasteiger partial charge in [0.05, 0.1) is 6.26 Å². The Morgan fingerprint density at radius 1 is 1.20 bits per heavy atom. The highest BCUT2D eigenvalue weighted by atomic mass is 16.3. The van der Waals surface area contributed by atoms with Gasteiger partial charge < -0.3 is 4.42 Å². The van der Waals surface area contributed by atoms with Gasteiger partial charge in [-0.05, 0) is 29.9 Å². The Morgan fingerprint density at radius 3 is 2.27 bits per heavy atom. The average Bonchev–Trinajstić information content (AvgIpc) is 2.69. The van der Waals surface area contributed by atoms with Gasteiger partial charge >= 0.3 is 0 Å². The van der Waals surface area contributed by atoms with Gasteiger partial charge in [-0.2, -0.15) is 0 Å². The van der Waals surface area contributed by atoms with E-state index in [1.165, 1.54) is 6.42 Å². The Hall–Kier alpha value is -0.720. The molecule has 0 aromatic carbocycles. The van der Waals surface area contributed by atoms with Crippen LogP contribution in [0.25, 0.3) is 0 Å². The van der Waals surface area contributed by atoms with E-state index in [-0.39, 0.29) is 0 Å². The van der Waals surface area contributed by atoms with Crippen LogP contribution in [-0.4, -0.2) is 0 Å². The summed E-state index contributed by atoms with van der Waals surface area (Å²) < 4.78 is 5.57. The molecule has 1 aromatic heterocycles. The molecule has 0 radical (unpaired) electrons. The van der Waals surface area contributed by atoms with E-state index >= 15 is 0 Å². The second-order valence-electron chi connectivity index (χ2n) is 5.03. The summed E-state index contributed by atoms with van der Waals surface area (Å²) in [6.07, 6.45) is 3.03. The first-order chi connectivity index (χ1) is 7.07. The zero-order chi connectivity index (χ0) is 11.4. The Bertz CT molecular complexity index is 261. The Morgan fingerprint density at radius 2 is 1.87 bits per heavy atom. The summed E-state index contributed by atoms with van der Waals surface area (Å²) >= 11 is 0. The molecule has 0 aliphatic carbocycles. The molecule has 0 N–H and O–H groups in total. The quantitative estimate of drug-likeness (QED) is 0.683. The zero-order valence-electron chi connectivity index (χ0n) is 10.7. The Kier molecular flexibility index (Phi) is 4.44. The number of hydrogen-bond acceptors (Lipinski definition) is 1. The SMILES string of the molecule is CCC(C)C(C)C(c1ccco1)C(C)C. The van der Waals surface area contributed by atoms with Gasteiger partial charge in [-0.25, -0.2) is 0 Å². The summed E-state index contributed by atoms with van der Waals surface area (Å²) in [5.41, 5.74) is 0. The van der Waals surface area contributed by atoms with Crippen LogP contribution in [-0.2, 0) is 0 Å². The minimum atomic E-state index is 0.551. The van der Waals surface area contributed by atoms with Crippen LogP contribution in [0.5, 0.6) is 0 Å². The molecule has 0 bridgehead atoms. The summed E-state index contributed by atoms with van der Waals surface area (Å²) in [7, 11) is 0. The van der Waals surface area contributed by atoms with Gasteiger partial charge in [-0.15, -0.1) is 0 Å². The maximum Gasteiger partial charge on any atom is 0.107 e. The van der Waals surface area contributed by atoms with Crippen molar-refractivity contribution in [3.63, 3.8) is 0 Å². The maximum absolute atomic E-state index is 5.57. The van der Waals surface area contributed by atoms with Crippen molar-refractivity contribution in [3.05, 3.63) is 24.2 Å². The van der Waals surface area contributed by atoms with Crippen LogP contribution >= 0.6 is 0 Å². The van der Waals surface area contributed by atoms with Crippen LogP contribution in [0.2, 0.25) is 0 Å². The van der Waals surface area contributed by atoms with Gasteiger partial charge in [0.25, 0.3) is 0 Å². The summed E-state index contributed by atoms with van der Waals surface area (Å²) in [5, 5.41) is 0. The van der Waals surface area contributed by atoms with Gasteiger partial charge in [-0.3, -0.25) is 0 Å². The largest absolute Gasteiger partial charge is 0.469 e.